The fourth-order valence-electron chi connectivity index (χ4n) is 1.74. The lowest BCUT2D eigenvalue weighted by atomic mass is 9.99. The molecule has 0 spiro atoms. The lowest BCUT2D eigenvalue weighted by Crippen LogP contribution is -2.25. The van der Waals surface area contributed by atoms with E-state index in [2.05, 4.69) is 15.3 Å². The van der Waals surface area contributed by atoms with Crippen molar-refractivity contribution >= 4 is 54.1 Å². The molecule has 0 unspecified atom stereocenters. The zero-order valence-electron chi connectivity index (χ0n) is 15.0. The van der Waals surface area contributed by atoms with Gasteiger partial charge < -0.3 is 17.2 Å². The molecule has 0 fully saturated rings. The topological polar surface area (TPSA) is 254 Å². The molecule has 15 nitrogen and oxygen atoms in total. The summed E-state index contributed by atoms with van der Waals surface area (Å²) in [5.41, 5.74) is 19.3. The van der Waals surface area contributed by atoms with E-state index in [0.717, 1.165) is 18.2 Å². The van der Waals surface area contributed by atoms with E-state index in [1.165, 1.54) is 0 Å². The molecule has 0 heterocycles. The van der Waals surface area contributed by atoms with Crippen molar-refractivity contribution in [2.24, 2.45) is 32.5 Å². The standard InChI is InChI=1S/C15H15N9O6/c16-13(28)22-19-4-10(25)7-1-8(11(26)5-20-23-14(17)29)3-9(2-7)12(27)6-21-24-15(18)30/h1-6H,(H3,16,22,28)(H3,17,23,29)(H3,18,24,30)/b19-4+,20-5+,21-6+. The van der Waals surface area contributed by atoms with Crippen LogP contribution in [0, 0.1) is 0 Å². The smallest absolute Gasteiger partial charge is 0.332 e. The largest absolute Gasteiger partial charge is 0.350 e. The molecule has 9 N–H and O–H groups in total. The highest BCUT2D eigenvalue weighted by Gasteiger charge is 2.14. The summed E-state index contributed by atoms with van der Waals surface area (Å²) in [4.78, 5) is 68.4. The van der Waals surface area contributed by atoms with Crippen LogP contribution in [0.25, 0.3) is 0 Å². The number of rotatable bonds is 9. The number of hydrazone groups is 3. The molecule has 0 saturated carbocycles. The van der Waals surface area contributed by atoms with Crippen LogP contribution in [0.4, 0.5) is 14.4 Å². The molecular formula is C15H15N9O6. The summed E-state index contributed by atoms with van der Waals surface area (Å²) >= 11 is 0. The maximum absolute atomic E-state index is 12.2. The number of Topliss-reactive ketones (excluding diaryl/α,β-unsaturated/α-hetero) is 3. The average molecular weight is 417 g/mol. The Balaban J connectivity index is 3.27. The summed E-state index contributed by atoms with van der Waals surface area (Å²) in [6.45, 7) is 0. The Morgan fingerprint density at radius 3 is 1.00 bits per heavy atom. The number of primary amides is 3. The minimum atomic E-state index is -1.02. The SMILES string of the molecule is NC(=O)N/N=C/C(=O)c1cc(C(=O)/C=N/NC(N)=O)cc(C(=O)/C=N/NC(N)=O)c1. The van der Waals surface area contributed by atoms with Crippen LogP contribution in [0.1, 0.15) is 31.1 Å². The molecule has 0 radical (unpaired) electrons. The van der Waals surface area contributed by atoms with Gasteiger partial charge in [-0.1, -0.05) is 0 Å². The molecule has 156 valence electrons. The first kappa shape index (κ1) is 23.1. The second kappa shape index (κ2) is 11.0. The molecule has 1 rings (SSSR count). The van der Waals surface area contributed by atoms with Gasteiger partial charge in [0.05, 0.1) is 18.6 Å². The summed E-state index contributed by atoms with van der Waals surface area (Å²) in [7, 11) is 0. The van der Waals surface area contributed by atoms with E-state index >= 15 is 0 Å². The molecule has 30 heavy (non-hydrogen) atoms. The molecule has 1 aromatic carbocycles. The number of nitrogens with two attached hydrogens (primary N) is 3. The first-order valence-corrected chi connectivity index (χ1v) is 7.63. The normalized spacial score (nSPS) is 10.8. The minimum absolute atomic E-state index is 0.174. The van der Waals surface area contributed by atoms with Gasteiger partial charge in [0.25, 0.3) is 0 Å². The number of hydrogen-bond donors (Lipinski definition) is 6. The third-order valence-electron chi connectivity index (χ3n) is 2.86. The van der Waals surface area contributed by atoms with Crippen LogP contribution in [0.3, 0.4) is 0 Å². The predicted octanol–water partition coefficient (Wildman–Crippen LogP) is -1.80. The molecule has 0 saturated heterocycles. The minimum Gasteiger partial charge on any atom is -0.350 e. The Labute approximate surface area is 167 Å². The monoisotopic (exact) mass is 417 g/mol. The quantitative estimate of drug-likeness (QED) is 0.153. The molecule has 0 aromatic heterocycles. The zero-order valence-corrected chi connectivity index (χ0v) is 15.0. The van der Waals surface area contributed by atoms with Gasteiger partial charge in [-0.3, -0.25) is 14.4 Å². The molecule has 0 aliphatic carbocycles. The lowest BCUT2D eigenvalue weighted by Gasteiger charge is -2.04. The molecule has 6 amide bonds. The summed E-state index contributed by atoms with van der Waals surface area (Å²) in [5.74, 6) is -2.40. The highest BCUT2D eigenvalue weighted by molar-refractivity contribution is 6.40. The number of benzene rings is 1. The molecule has 0 aliphatic rings. The Bertz CT molecular complexity index is 847. The molecule has 1 aromatic rings. The highest BCUT2D eigenvalue weighted by atomic mass is 16.2. The Morgan fingerprint density at radius 1 is 0.567 bits per heavy atom. The van der Waals surface area contributed by atoms with Gasteiger partial charge in [-0.2, -0.15) is 15.3 Å². The van der Waals surface area contributed by atoms with Crippen LogP contribution in [-0.2, 0) is 0 Å². The van der Waals surface area contributed by atoms with Crippen molar-refractivity contribution in [2.45, 2.75) is 0 Å². The number of ketones is 3. The fourth-order valence-corrected chi connectivity index (χ4v) is 1.74. The maximum atomic E-state index is 12.2. The van der Waals surface area contributed by atoms with Crippen molar-refractivity contribution in [3.05, 3.63) is 34.9 Å². The molecule has 0 atom stereocenters. The zero-order chi connectivity index (χ0) is 22.7. The van der Waals surface area contributed by atoms with Gasteiger partial charge in [-0.15, -0.1) is 0 Å². The third kappa shape index (κ3) is 8.16. The van der Waals surface area contributed by atoms with E-state index in [4.69, 9.17) is 17.2 Å². The Morgan fingerprint density at radius 2 is 0.800 bits per heavy atom. The van der Waals surface area contributed by atoms with Crippen molar-refractivity contribution in [1.82, 2.24) is 16.3 Å². The van der Waals surface area contributed by atoms with Crippen molar-refractivity contribution in [2.75, 3.05) is 0 Å². The second-order valence-corrected chi connectivity index (χ2v) is 5.09. The Kier molecular flexibility index (Phi) is 8.48. The summed E-state index contributed by atoms with van der Waals surface area (Å²) in [6.07, 6.45) is 2.07. The number of hydrogen-bond acceptors (Lipinski definition) is 9. The summed E-state index contributed by atoms with van der Waals surface area (Å²) in [6, 6.07) is 0.257. The molecular weight excluding hydrogens is 402 g/mol. The van der Waals surface area contributed by atoms with E-state index in [-0.39, 0.29) is 16.7 Å². The van der Waals surface area contributed by atoms with E-state index in [1.54, 1.807) is 16.3 Å². The predicted molar refractivity (Wildman–Crippen MR) is 103 cm³/mol. The molecule has 15 heteroatoms. The summed E-state index contributed by atoms with van der Waals surface area (Å²) in [5, 5.41) is 9.87. The van der Waals surface area contributed by atoms with Crippen LogP contribution in [0.2, 0.25) is 0 Å². The lowest BCUT2D eigenvalue weighted by molar-refractivity contribution is 0.106. The highest BCUT2D eigenvalue weighted by Crippen LogP contribution is 2.12. The van der Waals surface area contributed by atoms with Gasteiger partial charge >= 0.3 is 18.1 Å². The number of urea groups is 3. The third-order valence-corrected chi connectivity index (χ3v) is 2.86. The van der Waals surface area contributed by atoms with E-state index in [1.807, 2.05) is 0 Å². The molecule has 0 aliphatic heterocycles. The second-order valence-electron chi connectivity index (χ2n) is 5.09. The number of carbonyl (C=O) groups is 6. The van der Waals surface area contributed by atoms with E-state index < -0.39 is 35.4 Å². The van der Waals surface area contributed by atoms with Crippen LogP contribution >= 0.6 is 0 Å². The number of carbonyl (C=O) groups excluding carboxylic acids is 6. The van der Waals surface area contributed by atoms with Crippen LogP contribution in [-0.4, -0.2) is 54.1 Å². The number of nitrogens with zero attached hydrogens (tertiary/aromatic N) is 3. The first-order valence-electron chi connectivity index (χ1n) is 7.63. The van der Waals surface area contributed by atoms with Crippen molar-refractivity contribution in [1.29, 1.82) is 0 Å². The van der Waals surface area contributed by atoms with E-state index in [0.29, 0.717) is 18.6 Å². The van der Waals surface area contributed by atoms with Gasteiger partial charge in [0.2, 0.25) is 17.3 Å². The maximum Gasteiger partial charge on any atom is 0.332 e. The Hall–Kier alpha value is -4.95. The van der Waals surface area contributed by atoms with Gasteiger partial charge in [-0.25, -0.2) is 30.7 Å². The van der Waals surface area contributed by atoms with Gasteiger partial charge in [0.1, 0.15) is 0 Å². The van der Waals surface area contributed by atoms with Gasteiger partial charge in [-0.05, 0) is 18.2 Å². The van der Waals surface area contributed by atoms with Gasteiger partial charge in [0.15, 0.2) is 0 Å². The van der Waals surface area contributed by atoms with Crippen LogP contribution in [0.15, 0.2) is 33.5 Å². The first-order chi connectivity index (χ1) is 14.1. The summed E-state index contributed by atoms with van der Waals surface area (Å²) < 4.78 is 0. The molecule has 0 bridgehead atoms. The number of amides is 6. The van der Waals surface area contributed by atoms with Crippen molar-refractivity contribution in [3.8, 4) is 0 Å². The van der Waals surface area contributed by atoms with Gasteiger partial charge in [0, 0.05) is 16.7 Å². The average Bonchev–Trinajstić information content (AvgIpc) is 2.66. The van der Waals surface area contributed by atoms with E-state index in [9.17, 15) is 28.8 Å². The number of nitrogens with one attached hydrogen (secondary N) is 3. The van der Waals surface area contributed by atoms with Crippen molar-refractivity contribution in [3.63, 3.8) is 0 Å². The fraction of sp³-hybridized carbons (Fsp3) is 0. The van der Waals surface area contributed by atoms with Crippen molar-refractivity contribution < 1.29 is 28.8 Å². The van der Waals surface area contributed by atoms with Crippen LogP contribution in [0.5, 0.6) is 0 Å². The van der Waals surface area contributed by atoms with Crippen LogP contribution < -0.4 is 33.5 Å².